The molecule has 4 N–H and O–H groups in total. The SMILES string of the molecule is Cc1ccc(NC(=O)NCc2ccc3c(c2O)CN(C2CCC(=O)NC2=O)C3=O)cc1C(C)C. The maximum Gasteiger partial charge on any atom is 0.319 e. The van der Waals surface area contributed by atoms with Crippen LogP contribution in [0.4, 0.5) is 10.5 Å². The van der Waals surface area contributed by atoms with E-state index in [0.717, 1.165) is 11.1 Å². The highest BCUT2D eigenvalue weighted by Crippen LogP contribution is 2.35. The van der Waals surface area contributed by atoms with Gasteiger partial charge in [0.25, 0.3) is 5.91 Å². The quantitative estimate of drug-likeness (QED) is 0.506. The zero-order valence-electron chi connectivity index (χ0n) is 19.4. The van der Waals surface area contributed by atoms with Gasteiger partial charge in [-0.2, -0.15) is 0 Å². The number of nitrogens with one attached hydrogen (secondary N) is 3. The average molecular weight is 465 g/mol. The Hall–Kier alpha value is -3.88. The maximum absolute atomic E-state index is 12.8. The fraction of sp³-hybridized carbons (Fsp3) is 0.360. The number of piperidine rings is 1. The van der Waals surface area contributed by atoms with Gasteiger partial charge in [-0.3, -0.25) is 19.7 Å². The summed E-state index contributed by atoms with van der Waals surface area (Å²) in [5.74, 6) is -0.982. The molecule has 1 fully saturated rings. The normalized spacial score (nSPS) is 17.6. The monoisotopic (exact) mass is 464 g/mol. The molecule has 1 atom stereocenters. The molecule has 1 unspecified atom stereocenters. The molecule has 1 saturated heterocycles. The van der Waals surface area contributed by atoms with Crippen molar-refractivity contribution in [2.75, 3.05) is 5.32 Å². The third-order valence-corrected chi connectivity index (χ3v) is 6.37. The number of imide groups is 1. The summed E-state index contributed by atoms with van der Waals surface area (Å²) in [5, 5.41) is 18.6. The Bertz CT molecular complexity index is 1190. The van der Waals surface area contributed by atoms with E-state index < -0.39 is 18.0 Å². The Kier molecular flexibility index (Phi) is 6.28. The molecule has 0 aromatic heterocycles. The highest BCUT2D eigenvalue weighted by atomic mass is 16.3. The van der Waals surface area contributed by atoms with Gasteiger partial charge < -0.3 is 20.6 Å². The van der Waals surface area contributed by atoms with Crippen molar-refractivity contribution in [2.24, 2.45) is 0 Å². The number of carbonyl (C=O) groups excluding carboxylic acids is 4. The standard InChI is InChI=1S/C25H28N4O5/c1-13(2)18-10-16(6-4-14(18)3)27-25(34)26-11-15-5-7-17-19(22(15)31)12-29(24(17)33)20-8-9-21(30)28-23(20)32/h4-7,10,13,20,31H,8-9,11-12H2,1-3H3,(H2,26,27,34)(H,28,30,32). The molecule has 2 aliphatic heterocycles. The minimum atomic E-state index is -0.755. The predicted octanol–water partition coefficient (Wildman–Crippen LogP) is 2.91. The number of hydrogen-bond donors (Lipinski definition) is 4. The zero-order valence-corrected chi connectivity index (χ0v) is 19.4. The van der Waals surface area contributed by atoms with Gasteiger partial charge in [-0.1, -0.05) is 26.0 Å². The van der Waals surface area contributed by atoms with Crippen molar-refractivity contribution in [1.82, 2.24) is 15.5 Å². The Morgan fingerprint density at radius 1 is 1.21 bits per heavy atom. The Morgan fingerprint density at radius 2 is 1.97 bits per heavy atom. The number of aromatic hydroxyl groups is 1. The third kappa shape index (κ3) is 4.46. The highest BCUT2D eigenvalue weighted by molar-refractivity contribution is 6.05. The van der Waals surface area contributed by atoms with Crippen molar-refractivity contribution in [3.63, 3.8) is 0 Å². The molecule has 2 aromatic rings. The Balaban J connectivity index is 1.42. The Morgan fingerprint density at radius 3 is 2.68 bits per heavy atom. The third-order valence-electron chi connectivity index (χ3n) is 6.37. The van der Waals surface area contributed by atoms with Gasteiger partial charge in [0, 0.05) is 35.3 Å². The van der Waals surface area contributed by atoms with Gasteiger partial charge in [-0.15, -0.1) is 0 Å². The molecular formula is C25H28N4O5. The number of aryl methyl sites for hydroxylation is 1. The summed E-state index contributed by atoms with van der Waals surface area (Å²) in [6, 6.07) is 7.75. The van der Waals surface area contributed by atoms with Gasteiger partial charge in [0.05, 0.1) is 6.54 Å². The lowest BCUT2D eigenvalue weighted by atomic mass is 9.97. The van der Waals surface area contributed by atoms with Crippen LogP contribution in [0.1, 0.15) is 65.2 Å². The number of urea groups is 1. The smallest absolute Gasteiger partial charge is 0.319 e. The summed E-state index contributed by atoms with van der Waals surface area (Å²) in [5.41, 5.74) is 4.17. The van der Waals surface area contributed by atoms with E-state index >= 15 is 0 Å². The maximum atomic E-state index is 12.8. The van der Waals surface area contributed by atoms with E-state index in [1.54, 1.807) is 12.1 Å². The highest BCUT2D eigenvalue weighted by Gasteiger charge is 2.40. The number of nitrogens with zero attached hydrogens (tertiary/aromatic N) is 1. The first-order chi connectivity index (χ1) is 16.2. The van der Waals surface area contributed by atoms with Crippen molar-refractivity contribution >= 4 is 29.4 Å². The first-order valence-corrected chi connectivity index (χ1v) is 11.3. The fourth-order valence-electron chi connectivity index (χ4n) is 4.51. The number of phenolic OH excluding ortho intramolecular Hbond substituents is 1. The molecule has 0 bridgehead atoms. The predicted molar refractivity (Wildman–Crippen MR) is 125 cm³/mol. The van der Waals surface area contributed by atoms with E-state index in [2.05, 4.69) is 29.8 Å². The van der Waals surface area contributed by atoms with Crippen molar-refractivity contribution < 1.29 is 24.3 Å². The molecular weight excluding hydrogens is 436 g/mol. The van der Waals surface area contributed by atoms with Crippen LogP contribution >= 0.6 is 0 Å². The van der Waals surface area contributed by atoms with E-state index in [1.165, 1.54) is 4.90 Å². The van der Waals surface area contributed by atoms with Gasteiger partial charge in [-0.05, 0) is 48.6 Å². The van der Waals surface area contributed by atoms with Gasteiger partial charge in [0.1, 0.15) is 11.8 Å². The summed E-state index contributed by atoms with van der Waals surface area (Å²) < 4.78 is 0. The second-order valence-corrected chi connectivity index (χ2v) is 9.03. The number of amides is 5. The van der Waals surface area contributed by atoms with E-state index in [9.17, 15) is 24.3 Å². The molecule has 2 aliphatic rings. The van der Waals surface area contributed by atoms with Crippen molar-refractivity contribution in [3.8, 4) is 5.75 Å². The van der Waals surface area contributed by atoms with E-state index in [-0.39, 0.29) is 43.5 Å². The summed E-state index contributed by atoms with van der Waals surface area (Å²) in [7, 11) is 0. The molecule has 0 saturated carbocycles. The zero-order chi connectivity index (χ0) is 24.6. The number of rotatable bonds is 5. The number of hydrogen-bond acceptors (Lipinski definition) is 5. The van der Waals surface area contributed by atoms with Crippen LogP contribution in [0.2, 0.25) is 0 Å². The van der Waals surface area contributed by atoms with Crippen LogP contribution in [0.15, 0.2) is 30.3 Å². The second-order valence-electron chi connectivity index (χ2n) is 9.03. The molecule has 178 valence electrons. The molecule has 9 nitrogen and oxygen atoms in total. The van der Waals surface area contributed by atoms with Crippen molar-refractivity contribution in [3.05, 3.63) is 58.1 Å². The van der Waals surface area contributed by atoms with Crippen LogP contribution in [0.5, 0.6) is 5.75 Å². The molecule has 0 radical (unpaired) electrons. The van der Waals surface area contributed by atoms with Crippen LogP contribution in [-0.2, 0) is 22.7 Å². The molecule has 4 rings (SSSR count). The first kappa shape index (κ1) is 23.3. The lowest BCUT2D eigenvalue weighted by Gasteiger charge is -2.29. The number of fused-ring (bicyclic) bond motifs is 1. The molecule has 2 heterocycles. The molecule has 0 aliphatic carbocycles. The number of phenols is 1. The van der Waals surface area contributed by atoms with Crippen LogP contribution in [-0.4, -0.2) is 39.8 Å². The van der Waals surface area contributed by atoms with Gasteiger partial charge in [-0.25, -0.2) is 4.79 Å². The lowest BCUT2D eigenvalue weighted by molar-refractivity contribution is -0.136. The van der Waals surface area contributed by atoms with E-state index in [4.69, 9.17) is 0 Å². The van der Waals surface area contributed by atoms with Crippen LogP contribution in [0.25, 0.3) is 0 Å². The Labute approximate surface area is 197 Å². The van der Waals surface area contributed by atoms with E-state index in [0.29, 0.717) is 28.3 Å². The fourth-order valence-corrected chi connectivity index (χ4v) is 4.51. The van der Waals surface area contributed by atoms with Gasteiger partial charge in [0.15, 0.2) is 0 Å². The number of anilines is 1. The van der Waals surface area contributed by atoms with Crippen LogP contribution in [0, 0.1) is 6.92 Å². The molecule has 2 aromatic carbocycles. The topological polar surface area (TPSA) is 128 Å². The largest absolute Gasteiger partial charge is 0.507 e. The molecule has 34 heavy (non-hydrogen) atoms. The van der Waals surface area contributed by atoms with Gasteiger partial charge >= 0.3 is 6.03 Å². The molecule has 0 spiro atoms. The number of benzene rings is 2. The van der Waals surface area contributed by atoms with Crippen LogP contribution < -0.4 is 16.0 Å². The van der Waals surface area contributed by atoms with E-state index in [1.807, 2.05) is 25.1 Å². The average Bonchev–Trinajstić information content (AvgIpc) is 3.11. The van der Waals surface area contributed by atoms with Gasteiger partial charge in [0.2, 0.25) is 11.8 Å². The first-order valence-electron chi connectivity index (χ1n) is 11.3. The summed E-state index contributed by atoms with van der Waals surface area (Å²) >= 11 is 0. The van der Waals surface area contributed by atoms with Crippen molar-refractivity contribution in [2.45, 2.75) is 58.7 Å². The number of carbonyl (C=O) groups is 4. The summed E-state index contributed by atoms with van der Waals surface area (Å²) in [4.78, 5) is 50.3. The molecule has 5 amide bonds. The minimum absolute atomic E-state index is 0.0560. The second kappa shape index (κ2) is 9.17. The lowest BCUT2D eigenvalue weighted by Crippen LogP contribution is -2.52. The minimum Gasteiger partial charge on any atom is -0.507 e. The summed E-state index contributed by atoms with van der Waals surface area (Å²) in [6.45, 7) is 6.33. The van der Waals surface area contributed by atoms with Crippen molar-refractivity contribution in [1.29, 1.82) is 0 Å². The summed E-state index contributed by atoms with van der Waals surface area (Å²) in [6.07, 6.45) is 0.406. The molecule has 9 heteroatoms. The van der Waals surface area contributed by atoms with Crippen LogP contribution in [0.3, 0.4) is 0 Å².